The predicted octanol–water partition coefficient (Wildman–Crippen LogP) is 2.99. The monoisotopic (exact) mass is 394 g/mol. The van der Waals surface area contributed by atoms with Crippen molar-refractivity contribution in [3.8, 4) is 11.3 Å². The number of aromatic amines is 1. The van der Waals surface area contributed by atoms with Gasteiger partial charge < -0.3 is 9.72 Å². The average Bonchev–Trinajstić information content (AvgIpc) is 3.07. The third-order valence-electron chi connectivity index (χ3n) is 4.06. The highest BCUT2D eigenvalue weighted by Crippen LogP contribution is 2.29. The quantitative estimate of drug-likeness (QED) is 0.762. The molecule has 0 unspecified atom stereocenters. The summed E-state index contributed by atoms with van der Waals surface area (Å²) in [7, 11) is -3.52. The van der Waals surface area contributed by atoms with Crippen LogP contribution in [-0.4, -0.2) is 55.4 Å². The predicted molar refractivity (Wildman–Crippen MR) is 102 cm³/mol. The Hall–Kier alpha value is -2.00. The van der Waals surface area contributed by atoms with Crippen molar-refractivity contribution in [2.24, 2.45) is 4.99 Å². The maximum Gasteiger partial charge on any atom is 0.243 e. The molecule has 2 aromatic rings. The molecule has 2 N–H and O–H groups in total. The van der Waals surface area contributed by atoms with Gasteiger partial charge in [-0.3, -0.25) is 5.41 Å². The summed E-state index contributed by atoms with van der Waals surface area (Å²) in [6, 6.07) is 8.33. The lowest BCUT2D eigenvalue weighted by Gasteiger charge is -2.26. The molecule has 3 rings (SSSR count). The van der Waals surface area contributed by atoms with Gasteiger partial charge >= 0.3 is 0 Å². The van der Waals surface area contributed by atoms with Gasteiger partial charge in [-0.2, -0.15) is 4.31 Å². The second-order valence-corrected chi connectivity index (χ2v) is 8.00. The lowest BCUT2D eigenvalue weighted by molar-refractivity contribution is 0.0730. The number of morpholine rings is 1. The third-order valence-corrected chi connectivity index (χ3v) is 6.18. The number of hydrogen-bond acceptors (Lipinski definition) is 5. The topological polar surface area (TPSA) is 98.6 Å². The minimum Gasteiger partial charge on any atom is -0.379 e. The average molecular weight is 395 g/mol. The fourth-order valence-corrected chi connectivity index (χ4v) is 4.29. The van der Waals surface area contributed by atoms with E-state index in [9.17, 15) is 8.42 Å². The van der Waals surface area contributed by atoms with Crippen LogP contribution in [0, 0.1) is 5.41 Å². The smallest absolute Gasteiger partial charge is 0.243 e. The van der Waals surface area contributed by atoms with Crippen LogP contribution in [0.5, 0.6) is 0 Å². The highest BCUT2D eigenvalue weighted by molar-refractivity contribution is 7.89. The maximum atomic E-state index is 12.7. The van der Waals surface area contributed by atoms with Gasteiger partial charge in [-0.05, 0) is 30.7 Å². The van der Waals surface area contributed by atoms with Crippen LogP contribution in [0.1, 0.15) is 12.5 Å². The molecule has 1 aliphatic heterocycles. The highest BCUT2D eigenvalue weighted by Gasteiger charge is 2.26. The molecule has 0 amide bonds. The van der Waals surface area contributed by atoms with Gasteiger partial charge in [0.2, 0.25) is 10.0 Å². The van der Waals surface area contributed by atoms with Crippen LogP contribution in [-0.2, 0) is 14.8 Å². The van der Waals surface area contributed by atoms with Crippen molar-refractivity contribution in [2.45, 2.75) is 11.8 Å². The van der Waals surface area contributed by atoms with Gasteiger partial charge in [0.15, 0.2) is 0 Å². The first-order valence-electron chi connectivity index (χ1n) is 8.08. The number of hydrogen-bond donors (Lipinski definition) is 2. The number of sulfonamides is 1. The Kier molecular flexibility index (Phi) is 5.57. The number of benzene rings is 1. The minimum absolute atomic E-state index is 0.111. The number of H-pyrrole nitrogens is 1. The van der Waals surface area contributed by atoms with Gasteiger partial charge in [0.05, 0.1) is 23.7 Å². The Balaban J connectivity index is 1.90. The van der Waals surface area contributed by atoms with Crippen molar-refractivity contribution < 1.29 is 13.2 Å². The molecule has 0 aliphatic carbocycles. The van der Waals surface area contributed by atoms with Crippen LogP contribution < -0.4 is 0 Å². The molecule has 0 saturated carbocycles. The largest absolute Gasteiger partial charge is 0.379 e. The summed E-state index contributed by atoms with van der Waals surface area (Å²) in [4.78, 5) is 7.52. The first-order valence-corrected chi connectivity index (χ1v) is 9.89. The second-order valence-electron chi connectivity index (χ2n) is 5.69. The summed E-state index contributed by atoms with van der Waals surface area (Å²) in [5.74, 6) is 0.493. The number of aromatic nitrogens is 1. The van der Waals surface area contributed by atoms with E-state index in [0.29, 0.717) is 43.4 Å². The fourth-order valence-electron chi connectivity index (χ4n) is 2.74. The van der Waals surface area contributed by atoms with Crippen LogP contribution in [0.25, 0.3) is 11.3 Å². The molecule has 1 aromatic carbocycles. The molecule has 1 aliphatic rings. The number of rotatable bonds is 5. The Morgan fingerprint density at radius 2 is 1.96 bits per heavy atom. The lowest BCUT2D eigenvalue weighted by atomic mass is 10.1. The molecule has 0 radical (unpaired) electrons. The Labute approximate surface area is 157 Å². The number of aliphatic imine (C=N–C) groups is 1. The zero-order valence-corrected chi connectivity index (χ0v) is 15.8. The van der Waals surface area contributed by atoms with Crippen molar-refractivity contribution in [1.82, 2.24) is 9.29 Å². The molecule has 1 saturated heterocycles. The number of ether oxygens (including phenoxy) is 1. The summed E-state index contributed by atoms with van der Waals surface area (Å²) in [5, 5.41) is 7.52. The van der Waals surface area contributed by atoms with Crippen LogP contribution in [0.15, 0.2) is 40.2 Å². The van der Waals surface area contributed by atoms with Crippen molar-refractivity contribution >= 4 is 38.8 Å². The van der Waals surface area contributed by atoms with Gasteiger partial charge in [0, 0.05) is 25.0 Å². The van der Waals surface area contributed by atoms with E-state index in [0.717, 1.165) is 5.56 Å². The SMILES string of the molecule is C/C=N\c1[nH]c(-c2ccc(S(=O)(=O)N3CCOCC3)cc2)cc1C(=N)Cl. The van der Waals surface area contributed by atoms with E-state index < -0.39 is 10.0 Å². The normalized spacial score (nSPS) is 16.2. The van der Waals surface area contributed by atoms with E-state index >= 15 is 0 Å². The number of nitrogens with one attached hydrogen (secondary N) is 2. The summed E-state index contributed by atoms with van der Waals surface area (Å²) in [6.45, 7) is 3.31. The zero-order valence-electron chi connectivity index (χ0n) is 14.2. The van der Waals surface area contributed by atoms with Crippen LogP contribution in [0.4, 0.5) is 5.82 Å². The summed E-state index contributed by atoms with van der Waals surface area (Å²) in [6.07, 6.45) is 1.61. The van der Waals surface area contributed by atoms with E-state index in [1.807, 2.05) is 0 Å². The molecule has 26 heavy (non-hydrogen) atoms. The minimum atomic E-state index is -3.52. The molecule has 0 spiro atoms. The summed E-state index contributed by atoms with van der Waals surface area (Å²) < 4.78 is 32.0. The molecule has 2 heterocycles. The molecule has 1 aromatic heterocycles. The van der Waals surface area contributed by atoms with E-state index in [4.69, 9.17) is 21.7 Å². The maximum absolute atomic E-state index is 12.7. The summed E-state index contributed by atoms with van der Waals surface area (Å²) in [5.41, 5.74) is 1.98. The van der Waals surface area contributed by atoms with Crippen LogP contribution in [0.2, 0.25) is 0 Å². The van der Waals surface area contributed by atoms with Crippen molar-refractivity contribution in [1.29, 1.82) is 5.41 Å². The van der Waals surface area contributed by atoms with Gasteiger partial charge in [0.25, 0.3) is 0 Å². The Bertz CT molecular complexity index is 929. The van der Waals surface area contributed by atoms with Crippen LogP contribution in [0.3, 0.4) is 0 Å². The molecule has 0 atom stereocenters. The van der Waals surface area contributed by atoms with Crippen molar-refractivity contribution in [3.63, 3.8) is 0 Å². The van der Waals surface area contributed by atoms with E-state index in [1.165, 1.54) is 4.31 Å². The van der Waals surface area contributed by atoms with E-state index in [2.05, 4.69) is 9.98 Å². The third kappa shape index (κ3) is 3.73. The van der Waals surface area contributed by atoms with Crippen LogP contribution >= 0.6 is 11.6 Å². The van der Waals surface area contributed by atoms with E-state index in [1.54, 1.807) is 43.5 Å². The zero-order chi connectivity index (χ0) is 18.7. The van der Waals surface area contributed by atoms with Gasteiger partial charge in [-0.15, -0.1) is 0 Å². The molecular formula is C17H19ClN4O3S. The van der Waals surface area contributed by atoms with Gasteiger partial charge in [-0.1, -0.05) is 23.7 Å². The fraction of sp³-hybridized carbons (Fsp3) is 0.294. The second kappa shape index (κ2) is 7.71. The highest BCUT2D eigenvalue weighted by atomic mass is 35.5. The Morgan fingerprint density at radius 1 is 1.31 bits per heavy atom. The van der Waals surface area contributed by atoms with Crippen molar-refractivity contribution in [2.75, 3.05) is 26.3 Å². The number of halogens is 1. The standard InChI is InChI=1S/C17H19ClN4O3S/c1-2-20-17-14(16(18)19)11-15(21-17)12-3-5-13(6-4-12)26(23,24)22-7-9-25-10-8-22/h2-6,11,19,21H,7-10H2,1H3/b19-16?,20-2-. The first kappa shape index (κ1) is 18.8. The Morgan fingerprint density at radius 3 is 2.54 bits per heavy atom. The van der Waals surface area contributed by atoms with Gasteiger partial charge in [0.1, 0.15) is 11.0 Å². The molecule has 138 valence electrons. The molecular weight excluding hydrogens is 376 g/mol. The van der Waals surface area contributed by atoms with Crippen molar-refractivity contribution in [3.05, 3.63) is 35.9 Å². The van der Waals surface area contributed by atoms with E-state index in [-0.39, 0.29) is 10.1 Å². The lowest BCUT2D eigenvalue weighted by Crippen LogP contribution is -2.40. The molecule has 1 fully saturated rings. The first-order chi connectivity index (χ1) is 12.4. The molecule has 0 bridgehead atoms. The summed E-state index contributed by atoms with van der Waals surface area (Å²) >= 11 is 5.81. The molecule has 7 nitrogen and oxygen atoms in total. The van der Waals surface area contributed by atoms with Gasteiger partial charge in [-0.25, -0.2) is 13.4 Å². The molecule has 9 heteroatoms. The number of nitrogens with zero attached hydrogens (tertiary/aromatic N) is 2.